The smallest absolute Gasteiger partial charge is 0.328 e. The van der Waals surface area contributed by atoms with Crippen molar-refractivity contribution in [3.8, 4) is 0 Å². The molecule has 0 saturated carbocycles. The second-order valence-corrected chi connectivity index (χ2v) is 10.3. The summed E-state index contributed by atoms with van der Waals surface area (Å²) in [7, 11) is 0. The molecule has 0 unspecified atom stereocenters. The van der Waals surface area contributed by atoms with E-state index in [2.05, 4.69) is 17.6 Å². The quantitative estimate of drug-likeness (QED) is 0.0966. The maximum absolute atomic E-state index is 12.5. The van der Waals surface area contributed by atoms with Gasteiger partial charge < -0.3 is 21.1 Å². The molecule has 0 spiro atoms. The van der Waals surface area contributed by atoms with Crippen LogP contribution in [-0.2, 0) is 19.1 Å². The SMILES string of the molecule is CCCCCCCCCCCCCCCCCCOC(=O)[C@H](CCC(N)=O)NC(=O)CNc1ccccc1. The number of anilines is 1. The number of hydrogen-bond acceptors (Lipinski definition) is 5. The van der Waals surface area contributed by atoms with E-state index in [9.17, 15) is 14.4 Å². The van der Waals surface area contributed by atoms with Gasteiger partial charge in [0.25, 0.3) is 0 Å². The van der Waals surface area contributed by atoms with Crippen LogP contribution in [0.3, 0.4) is 0 Å². The molecule has 216 valence electrons. The first kappa shape index (κ1) is 33.5. The van der Waals surface area contributed by atoms with E-state index in [0.717, 1.165) is 24.9 Å². The number of primary amides is 1. The number of para-hydroxylation sites is 1. The van der Waals surface area contributed by atoms with Crippen molar-refractivity contribution in [3.05, 3.63) is 30.3 Å². The summed E-state index contributed by atoms with van der Waals surface area (Å²) in [5.41, 5.74) is 6.04. The van der Waals surface area contributed by atoms with Gasteiger partial charge in [0, 0.05) is 12.1 Å². The molecular formula is C31H53N3O4. The summed E-state index contributed by atoms with van der Waals surface area (Å²) in [5, 5.41) is 5.67. The van der Waals surface area contributed by atoms with Crippen LogP contribution in [0.5, 0.6) is 0 Å². The third-order valence-electron chi connectivity index (χ3n) is 6.77. The van der Waals surface area contributed by atoms with Gasteiger partial charge in [-0.15, -0.1) is 0 Å². The van der Waals surface area contributed by atoms with Crippen LogP contribution in [0.15, 0.2) is 30.3 Å². The van der Waals surface area contributed by atoms with Gasteiger partial charge in [-0.3, -0.25) is 9.59 Å². The van der Waals surface area contributed by atoms with Crippen molar-refractivity contribution >= 4 is 23.5 Å². The Morgan fingerprint density at radius 2 is 1.26 bits per heavy atom. The Kier molecular flexibility index (Phi) is 20.7. The average Bonchev–Trinajstić information content (AvgIpc) is 2.92. The highest BCUT2D eigenvalue weighted by molar-refractivity contribution is 5.87. The molecule has 0 bridgehead atoms. The summed E-state index contributed by atoms with van der Waals surface area (Å²) in [6, 6.07) is 8.45. The number of rotatable bonds is 25. The van der Waals surface area contributed by atoms with Crippen LogP contribution in [0.1, 0.15) is 122 Å². The van der Waals surface area contributed by atoms with E-state index >= 15 is 0 Å². The number of hydrogen-bond donors (Lipinski definition) is 3. The van der Waals surface area contributed by atoms with Crippen molar-refractivity contribution in [2.24, 2.45) is 5.73 Å². The molecule has 0 aliphatic rings. The van der Waals surface area contributed by atoms with Gasteiger partial charge >= 0.3 is 5.97 Å². The number of carbonyl (C=O) groups excluding carboxylic acids is 3. The first-order chi connectivity index (χ1) is 18.5. The normalized spacial score (nSPS) is 11.6. The predicted molar refractivity (Wildman–Crippen MR) is 156 cm³/mol. The number of ether oxygens (including phenoxy) is 1. The maximum atomic E-state index is 12.5. The third-order valence-corrected chi connectivity index (χ3v) is 6.77. The van der Waals surface area contributed by atoms with E-state index in [0.29, 0.717) is 6.61 Å². The topological polar surface area (TPSA) is 111 Å². The lowest BCUT2D eigenvalue weighted by Crippen LogP contribution is -2.44. The van der Waals surface area contributed by atoms with Crippen LogP contribution in [-0.4, -0.2) is 37.0 Å². The molecule has 1 aromatic carbocycles. The van der Waals surface area contributed by atoms with E-state index in [4.69, 9.17) is 10.5 Å². The first-order valence-corrected chi connectivity index (χ1v) is 15.1. The van der Waals surface area contributed by atoms with Crippen LogP contribution < -0.4 is 16.4 Å². The maximum Gasteiger partial charge on any atom is 0.328 e. The molecule has 1 aromatic rings. The number of benzene rings is 1. The summed E-state index contributed by atoms with van der Waals surface area (Å²) in [4.78, 5) is 36.0. The molecule has 2 amide bonds. The summed E-state index contributed by atoms with van der Waals surface area (Å²) >= 11 is 0. The predicted octanol–water partition coefficient (Wildman–Crippen LogP) is 6.65. The standard InChI is InChI=1S/C31H53N3O4/c1-2-3-4-5-6-7-8-9-10-11-12-13-14-15-16-20-25-38-31(37)28(23-24-29(32)35)34-30(36)26-33-27-21-18-17-19-22-27/h17-19,21-22,28,33H,2-16,20,23-26H2,1H3,(H2,32,35)(H,34,36)/t28-/m0/s1. The summed E-state index contributed by atoms with van der Waals surface area (Å²) in [6.07, 6.45) is 20.7. The Labute approximate surface area is 231 Å². The van der Waals surface area contributed by atoms with E-state index in [1.807, 2.05) is 30.3 Å². The molecular weight excluding hydrogens is 478 g/mol. The van der Waals surface area contributed by atoms with Crippen molar-refractivity contribution in [1.82, 2.24) is 5.32 Å². The van der Waals surface area contributed by atoms with Crippen LogP contribution in [0.2, 0.25) is 0 Å². The van der Waals surface area contributed by atoms with Crippen molar-refractivity contribution in [3.63, 3.8) is 0 Å². The minimum atomic E-state index is -0.881. The van der Waals surface area contributed by atoms with Crippen molar-refractivity contribution in [1.29, 1.82) is 0 Å². The van der Waals surface area contributed by atoms with E-state index in [1.165, 1.54) is 83.5 Å². The lowest BCUT2D eigenvalue weighted by atomic mass is 10.0. The van der Waals surface area contributed by atoms with Crippen LogP contribution in [0, 0.1) is 0 Å². The van der Waals surface area contributed by atoms with Crippen molar-refractivity contribution in [2.75, 3.05) is 18.5 Å². The summed E-state index contributed by atoms with van der Waals surface area (Å²) in [6.45, 7) is 2.60. The molecule has 0 radical (unpaired) electrons. The average molecular weight is 532 g/mol. The van der Waals surface area contributed by atoms with Gasteiger partial charge in [-0.05, 0) is 25.0 Å². The highest BCUT2D eigenvalue weighted by Crippen LogP contribution is 2.14. The van der Waals surface area contributed by atoms with Gasteiger partial charge in [-0.1, -0.05) is 121 Å². The fourth-order valence-electron chi connectivity index (χ4n) is 4.44. The van der Waals surface area contributed by atoms with Gasteiger partial charge in [0.15, 0.2) is 0 Å². The number of amides is 2. The highest BCUT2D eigenvalue weighted by atomic mass is 16.5. The van der Waals surface area contributed by atoms with E-state index < -0.39 is 17.9 Å². The molecule has 0 fully saturated rings. The van der Waals surface area contributed by atoms with Gasteiger partial charge in [-0.25, -0.2) is 4.79 Å². The molecule has 0 aromatic heterocycles. The zero-order chi connectivity index (χ0) is 27.7. The van der Waals surface area contributed by atoms with Gasteiger partial charge in [-0.2, -0.15) is 0 Å². The molecule has 1 rings (SSSR count). The molecule has 0 aliphatic carbocycles. The van der Waals surface area contributed by atoms with Gasteiger partial charge in [0.1, 0.15) is 6.04 Å². The number of unbranched alkanes of at least 4 members (excludes halogenated alkanes) is 15. The minimum Gasteiger partial charge on any atom is -0.464 e. The minimum absolute atomic E-state index is 0.00517. The van der Waals surface area contributed by atoms with Gasteiger partial charge in [0.05, 0.1) is 13.2 Å². The van der Waals surface area contributed by atoms with E-state index in [-0.39, 0.29) is 25.3 Å². The Morgan fingerprint density at radius 3 is 1.76 bits per heavy atom. The first-order valence-electron chi connectivity index (χ1n) is 15.1. The fourth-order valence-corrected chi connectivity index (χ4v) is 4.44. The second kappa shape index (κ2) is 23.5. The van der Waals surface area contributed by atoms with Crippen LogP contribution in [0.4, 0.5) is 5.69 Å². The Hall–Kier alpha value is -2.57. The molecule has 1 atom stereocenters. The zero-order valence-electron chi connectivity index (χ0n) is 23.8. The number of carbonyl (C=O) groups is 3. The second-order valence-electron chi connectivity index (χ2n) is 10.3. The van der Waals surface area contributed by atoms with E-state index in [1.54, 1.807) is 0 Å². The molecule has 0 saturated heterocycles. The lowest BCUT2D eigenvalue weighted by molar-refractivity contribution is -0.148. The molecule has 4 N–H and O–H groups in total. The Morgan fingerprint density at radius 1 is 0.763 bits per heavy atom. The Bertz CT molecular complexity index is 742. The van der Waals surface area contributed by atoms with Crippen LogP contribution >= 0.6 is 0 Å². The summed E-state index contributed by atoms with van der Waals surface area (Å²) in [5.74, 6) is -1.37. The fraction of sp³-hybridized carbons (Fsp3) is 0.710. The largest absolute Gasteiger partial charge is 0.464 e. The van der Waals surface area contributed by atoms with Gasteiger partial charge in [0.2, 0.25) is 11.8 Å². The third kappa shape index (κ3) is 19.5. The number of esters is 1. The monoisotopic (exact) mass is 531 g/mol. The molecule has 7 heteroatoms. The Balaban J connectivity index is 2.07. The van der Waals surface area contributed by atoms with Crippen molar-refractivity contribution in [2.45, 2.75) is 129 Å². The lowest BCUT2D eigenvalue weighted by Gasteiger charge is -2.17. The van der Waals surface area contributed by atoms with Crippen molar-refractivity contribution < 1.29 is 19.1 Å². The molecule has 0 aliphatic heterocycles. The number of nitrogens with two attached hydrogens (primary N) is 1. The summed E-state index contributed by atoms with van der Waals surface area (Å²) < 4.78 is 5.39. The zero-order valence-corrected chi connectivity index (χ0v) is 23.8. The number of nitrogens with one attached hydrogen (secondary N) is 2. The van der Waals surface area contributed by atoms with Crippen LogP contribution in [0.25, 0.3) is 0 Å². The molecule has 0 heterocycles. The highest BCUT2D eigenvalue weighted by Gasteiger charge is 2.22. The molecule has 7 nitrogen and oxygen atoms in total. The molecule has 38 heavy (non-hydrogen) atoms.